The number of aryl methyl sites for hydroxylation is 4. The van der Waals surface area contributed by atoms with E-state index in [9.17, 15) is 0 Å². The molecule has 2 spiro atoms. The number of para-hydroxylation sites is 2. The van der Waals surface area contributed by atoms with Gasteiger partial charge in [0, 0.05) is 22.5 Å². The molecule has 2 saturated carbocycles. The Kier molecular flexibility index (Phi) is 15.4. The molecule has 2 heterocycles. The quantitative estimate of drug-likeness (QED) is 0.135. The molecule has 0 unspecified atom stereocenters. The summed E-state index contributed by atoms with van der Waals surface area (Å²) in [5.41, 5.74) is 15.4. The van der Waals surface area contributed by atoms with Gasteiger partial charge < -0.3 is 9.80 Å². The van der Waals surface area contributed by atoms with E-state index in [1.165, 1.54) is 133 Å². The normalized spacial score (nSPS) is 20.6. The van der Waals surface area contributed by atoms with E-state index in [0.717, 1.165) is 29.8 Å². The van der Waals surface area contributed by atoms with Gasteiger partial charge in [0.15, 0.2) is 0 Å². The van der Waals surface area contributed by atoms with Gasteiger partial charge in [-0.05, 0) is 75.6 Å². The Labute approximate surface area is 390 Å². The van der Waals surface area contributed by atoms with E-state index < -0.39 is 13.5 Å². The summed E-state index contributed by atoms with van der Waals surface area (Å²) in [6.45, 7) is 24.2. The van der Waals surface area contributed by atoms with E-state index in [-0.39, 0.29) is 11.1 Å². The van der Waals surface area contributed by atoms with Crippen molar-refractivity contribution in [1.82, 2.24) is 0 Å². The van der Waals surface area contributed by atoms with Crippen LogP contribution >= 0.6 is 19.4 Å². The average molecular weight is 959 g/mol. The second-order valence-corrected chi connectivity index (χ2v) is 25.9. The molecule has 2 nitrogen and oxygen atoms in total. The molecule has 0 N–H and O–H groups in total. The van der Waals surface area contributed by atoms with E-state index >= 15 is 0 Å². The van der Waals surface area contributed by atoms with Gasteiger partial charge in [-0.3, -0.25) is 0 Å². The number of rotatable bonds is 7. The van der Waals surface area contributed by atoms with Gasteiger partial charge in [0.05, 0.1) is 0 Å². The summed E-state index contributed by atoms with van der Waals surface area (Å²) in [7, 11) is 12.4. The van der Waals surface area contributed by atoms with Crippen LogP contribution in [0.25, 0.3) is 5.57 Å². The molecule has 0 aromatic heterocycles. The number of nitrogens with zero attached hydrogens (tertiary/aromatic N) is 2. The first-order valence-corrected chi connectivity index (χ1v) is 29.4. The van der Waals surface area contributed by atoms with Gasteiger partial charge >= 0.3 is 120 Å². The first-order valence-electron chi connectivity index (χ1n) is 24.1. The summed E-state index contributed by atoms with van der Waals surface area (Å²) in [5, 5.41) is 0. The van der Waals surface area contributed by atoms with Gasteiger partial charge in [-0.15, -0.1) is 10.8 Å². The maximum absolute atomic E-state index is 6.19. The van der Waals surface area contributed by atoms with E-state index in [1.54, 1.807) is 0 Å². The Morgan fingerprint density at radius 1 is 0.500 bits per heavy atom. The molecule has 0 amide bonds. The van der Waals surface area contributed by atoms with Crippen molar-refractivity contribution in [2.24, 2.45) is 10.8 Å². The Hall–Kier alpha value is -2.71. The Morgan fingerprint density at radius 2 is 0.887 bits per heavy atom. The second kappa shape index (κ2) is 20.2. The van der Waals surface area contributed by atoms with Gasteiger partial charge in [-0.25, -0.2) is 13.1 Å². The maximum atomic E-state index is 6.19. The third-order valence-electron chi connectivity index (χ3n) is 14.8. The molecule has 0 radical (unpaired) electrons. The van der Waals surface area contributed by atoms with Crippen molar-refractivity contribution < 1.29 is 13.5 Å². The van der Waals surface area contributed by atoms with Crippen LogP contribution in [0.15, 0.2) is 97.1 Å². The van der Waals surface area contributed by atoms with E-state index in [0.29, 0.717) is 10.8 Å². The van der Waals surface area contributed by atoms with Gasteiger partial charge in [0.25, 0.3) is 0 Å². The zero-order valence-corrected chi connectivity index (χ0v) is 42.5. The van der Waals surface area contributed by atoms with Gasteiger partial charge in [0.1, 0.15) is 0 Å². The summed E-state index contributed by atoms with van der Waals surface area (Å²) in [6, 6.07) is 32.4. The van der Waals surface area contributed by atoms with Gasteiger partial charge in [-0.1, -0.05) is 141 Å². The molecule has 4 aromatic rings. The Balaban J connectivity index is 0.000000141. The van der Waals surface area contributed by atoms with Crippen molar-refractivity contribution in [1.29, 1.82) is 0 Å². The number of allylic oxidation sites excluding steroid dienone is 1. The molecule has 62 heavy (non-hydrogen) atoms. The van der Waals surface area contributed by atoms with Crippen molar-refractivity contribution >= 4 is 40.4 Å². The van der Waals surface area contributed by atoms with E-state index in [2.05, 4.69) is 151 Å². The van der Waals surface area contributed by atoms with Crippen LogP contribution in [0.2, 0.25) is 0 Å². The SMILES string of the molecule is CCc1cccc(CC)c1N1[CH-]C2(CCCCC2)CC1(C)C.CCc1cccc(CC)c1N1[CH-]C2(CCCCC2)CC1(C)C.[Cl][Ru]([Cl])=[C]1C=C(c2ccccc2)c2ccccc21. The summed E-state index contributed by atoms with van der Waals surface area (Å²) in [5.74, 6) is 0. The van der Waals surface area contributed by atoms with Crippen molar-refractivity contribution in [3.05, 3.63) is 149 Å². The van der Waals surface area contributed by atoms with Crippen LogP contribution in [-0.4, -0.2) is 15.2 Å². The molecule has 2 saturated heterocycles. The van der Waals surface area contributed by atoms with Crippen molar-refractivity contribution in [2.75, 3.05) is 9.80 Å². The molecule has 4 fully saturated rings. The van der Waals surface area contributed by atoms with Gasteiger partial charge in [0.2, 0.25) is 0 Å². The molecular weight excluding hydrogens is 885 g/mol. The number of fused-ring (bicyclic) bond motifs is 1. The average Bonchev–Trinajstić information content (AvgIpc) is 3.89. The van der Waals surface area contributed by atoms with Gasteiger partial charge in [-0.2, -0.15) is 0 Å². The number of hydrogen-bond acceptors (Lipinski definition) is 2. The first-order chi connectivity index (χ1) is 29.8. The molecule has 2 aliphatic heterocycles. The fraction of sp³-hybridized carbons (Fsp3) is 0.491. The first kappa shape index (κ1) is 47.3. The van der Waals surface area contributed by atoms with E-state index in [4.69, 9.17) is 19.4 Å². The predicted molar refractivity (Wildman–Crippen MR) is 268 cm³/mol. The summed E-state index contributed by atoms with van der Waals surface area (Å²) in [6.07, 6.45) is 23.4. The van der Waals surface area contributed by atoms with Crippen LogP contribution in [0.4, 0.5) is 11.4 Å². The van der Waals surface area contributed by atoms with Crippen LogP contribution < -0.4 is 9.80 Å². The van der Waals surface area contributed by atoms with Crippen molar-refractivity contribution in [2.45, 2.75) is 169 Å². The fourth-order valence-electron chi connectivity index (χ4n) is 12.0. The third-order valence-corrected chi connectivity index (χ3v) is 17.9. The third kappa shape index (κ3) is 10.1. The zero-order chi connectivity index (χ0) is 44.1. The molecular formula is C57H74Cl2N2Ru-2. The van der Waals surface area contributed by atoms with E-state index in [1.807, 2.05) is 24.3 Å². The molecule has 3 aliphatic carbocycles. The number of anilines is 2. The summed E-state index contributed by atoms with van der Waals surface area (Å²) >= 11 is -1.88. The molecule has 336 valence electrons. The monoisotopic (exact) mass is 958 g/mol. The minimum atomic E-state index is -1.88. The van der Waals surface area contributed by atoms with Crippen LogP contribution in [0.5, 0.6) is 0 Å². The molecule has 4 aromatic carbocycles. The molecule has 0 bridgehead atoms. The number of hydrogen-bond donors (Lipinski definition) is 0. The Bertz CT molecular complexity index is 2060. The molecule has 5 heteroatoms. The number of benzene rings is 4. The molecule has 5 aliphatic rings. The van der Waals surface area contributed by atoms with Crippen LogP contribution in [0.1, 0.15) is 171 Å². The van der Waals surface area contributed by atoms with Crippen LogP contribution in [0, 0.1) is 23.9 Å². The van der Waals surface area contributed by atoms with Crippen molar-refractivity contribution in [3.63, 3.8) is 0 Å². The minimum absolute atomic E-state index is 0.243. The van der Waals surface area contributed by atoms with Crippen LogP contribution in [-0.2, 0) is 39.2 Å². The van der Waals surface area contributed by atoms with Crippen molar-refractivity contribution in [3.8, 4) is 0 Å². The second-order valence-electron chi connectivity index (χ2n) is 20.1. The standard InChI is InChI=1S/2C21H32N.C15H10.2ClH.Ru/c2*1-5-17-11-10-12-18(6-2)19(17)22-16-21(15-20(22,3)4)13-8-7-9-14-21;1-2-6-12(7-3-1)15-11-10-13-8-4-5-9-14(13)15;;;/h2*10-12,16H,5-9,13-15H2,1-4H3;1-9,11H;2*1H;/q2*-1;;;;+2/p-2. The Morgan fingerprint density at radius 3 is 1.27 bits per heavy atom. The fourth-order valence-corrected chi connectivity index (χ4v) is 14.4. The molecule has 0 atom stereocenters. The molecule has 9 rings (SSSR count). The summed E-state index contributed by atoms with van der Waals surface area (Å²) < 4.78 is 1.12. The zero-order valence-electron chi connectivity index (χ0n) is 39.2. The number of halogens is 2. The summed E-state index contributed by atoms with van der Waals surface area (Å²) in [4.78, 5) is 5.33. The predicted octanol–water partition coefficient (Wildman–Crippen LogP) is 16.4. The topological polar surface area (TPSA) is 6.48 Å². The van der Waals surface area contributed by atoms with Crippen LogP contribution in [0.3, 0.4) is 0 Å².